The summed E-state index contributed by atoms with van der Waals surface area (Å²) in [6.07, 6.45) is -4.86. The molecule has 0 unspecified atom stereocenters. The first-order valence-electron chi connectivity index (χ1n) is 3.60. The zero-order chi connectivity index (χ0) is 10.9. The lowest BCUT2D eigenvalue weighted by molar-refractivity contribution is -0.150. The molecule has 1 rings (SSSR count). The molecule has 0 aliphatic carbocycles. The van der Waals surface area contributed by atoms with Crippen LogP contribution >= 0.6 is 12.4 Å². The molecule has 1 atom stereocenters. The minimum atomic E-state index is -4.86. The van der Waals surface area contributed by atoms with Gasteiger partial charge in [0.15, 0.2) is 0 Å². The topological polar surface area (TPSA) is 26.0 Å². The van der Waals surface area contributed by atoms with Crippen molar-refractivity contribution in [2.24, 2.45) is 5.73 Å². The molecule has 0 radical (unpaired) electrons. The van der Waals surface area contributed by atoms with Gasteiger partial charge in [-0.15, -0.1) is 12.4 Å². The fourth-order valence-corrected chi connectivity index (χ4v) is 0.971. The normalized spacial score (nSPS) is 13.2. The van der Waals surface area contributed by atoms with Gasteiger partial charge in [-0.3, -0.25) is 0 Å². The highest BCUT2D eigenvalue weighted by Gasteiger charge is 2.40. The van der Waals surface area contributed by atoms with Crippen molar-refractivity contribution in [1.82, 2.24) is 0 Å². The van der Waals surface area contributed by atoms with Gasteiger partial charge in [0.2, 0.25) is 0 Å². The first kappa shape index (κ1) is 14.1. The largest absolute Gasteiger partial charge is 0.407 e. The smallest absolute Gasteiger partial charge is 0.316 e. The van der Waals surface area contributed by atoms with Crippen LogP contribution < -0.4 is 5.73 Å². The summed E-state index contributed by atoms with van der Waals surface area (Å²) in [7, 11) is 0. The van der Waals surface area contributed by atoms with Crippen molar-refractivity contribution < 1.29 is 22.0 Å². The predicted molar refractivity (Wildman–Crippen MR) is 46.6 cm³/mol. The van der Waals surface area contributed by atoms with Crippen LogP contribution in [0.4, 0.5) is 22.0 Å². The van der Waals surface area contributed by atoms with Gasteiger partial charge < -0.3 is 5.73 Å². The minimum Gasteiger partial charge on any atom is -0.316 e. The van der Waals surface area contributed by atoms with Gasteiger partial charge in [-0.05, 0) is 12.1 Å². The maximum absolute atomic E-state index is 12.8. The van der Waals surface area contributed by atoms with E-state index in [4.69, 9.17) is 0 Å². The van der Waals surface area contributed by atoms with Crippen LogP contribution in [0.3, 0.4) is 0 Å². The number of hydrogen-bond donors (Lipinski definition) is 1. The number of hydrogen-bond acceptors (Lipinski definition) is 1. The maximum Gasteiger partial charge on any atom is 0.407 e. The van der Waals surface area contributed by atoms with Crippen LogP contribution in [0.5, 0.6) is 0 Å². The van der Waals surface area contributed by atoms with E-state index in [9.17, 15) is 22.0 Å². The third-order valence-electron chi connectivity index (χ3n) is 1.66. The molecule has 2 N–H and O–H groups in total. The number of benzene rings is 1. The summed E-state index contributed by atoms with van der Waals surface area (Å²) in [5, 5.41) is 0. The fraction of sp³-hybridized carbons (Fsp3) is 0.250. The van der Waals surface area contributed by atoms with E-state index in [2.05, 4.69) is 5.73 Å². The molecule has 0 heterocycles. The first-order valence-corrected chi connectivity index (χ1v) is 3.60. The Labute approximate surface area is 88.5 Å². The minimum absolute atomic E-state index is 0. The van der Waals surface area contributed by atoms with Crippen molar-refractivity contribution in [1.29, 1.82) is 0 Å². The van der Waals surface area contributed by atoms with Gasteiger partial charge >= 0.3 is 6.18 Å². The Morgan fingerprint density at radius 2 is 1.47 bits per heavy atom. The predicted octanol–water partition coefficient (Wildman–Crippen LogP) is 2.95. The van der Waals surface area contributed by atoms with E-state index in [1.54, 1.807) is 0 Å². The third-order valence-corrected chi connectivity index (χ3v) is 1.66. The van der Waals surface area contributed by atoms with E-state index in [1.165, 1.54) is 0 Å². The Hall–Kier alpha value is -0.880. The van der Waals surface area contributed by atoms with Crippen LogP contribution in [0.1, 0.15) is 11.6 Å². The Morgan fingerprint density at radius 3 is 1.80 bits per heavy atom. The van der Waals surface area contributed by atoms with Crippen molar-refractivity contribution in [3.8, 4) is 0 Å². The summed E-state index contributed by atoms with van der Waals surface area (Å²) >= 11 is 0. The monoisotopic (exact) mass is 247 g/mol. The number of nitrogens with two attached hydrogens (primary N) is 1. The molecule has 7 heteroatoms. The highest BCUT2D eigenvalue weighted by molar-refractivity contribution is 5.85. The van der Waals surface area contributed by atoms with Gasteiger partial charge in [0, 0.05) is 5.56 Å². The van der Waals surface area contributed by atoms with Crippen molar-refractivity contribution in [2.75, 3.05) is 0 Å². The summed E-state index contributed by atoms with van der Waals surface area (Å²) in [5.74, 6) is -2.59. The molecule has 0 bridgehead atoms. The van der Waals surface area contributed by atoms with E-state index in [1.807, 2.05) is 0 Å². The Balaban J connectivity index is 0.00000196. The third kappa shape index (κ3) is 3.04. The summed E-state index contributed by atoms with van der Waals surface area (Å²) in [6.45, 7) is 0. The first-order chi connectivity index (χ1) is 6.34. The van der Waals surface area contributed by atoms with Gasteiger partial charge in [0.25, 0.3) is 0 Å². The molecule has 0 saturated heterocycles. The number of alkyl halides is 3. The van der Waals surface area contributed by atoms with E-state index < -0.39 is 29.4 Å². The quantitative estimate of drug-likeness (QED) is 0.759. The van der Waals surface area contributed by atoms with Crippen LogP contribution in [0.2, 0.25) is 0 Å². The van der Waals surface area contributed by atoms with Gasteiger partial charge in [-0.25, -0.2) is 8.78 Å². The van der Waals surface area contributed by atoms with Crippen molar-refractivity contribution >= 4 is 12.4 Å². The number of rotatable bonds is 1. The fourth-order valence-electron chi connectivity index (χ4n) is 0.971. The second-order valence-electron chi connectivity index (χ2n) is 2.65. The molecule has 0 aliphatic heterocycles. The molecule has 0 amide bonds. The zero-order valence-corrected chi connectivity index (χ0v) is 8.00. The van der Waals surface area contributed by atoms with E-state index in [0.717, 1.165) is 18.2 Å². The second-order valence-corrected chi connectivity index (χ2v) is 2.65. The second kappa shape index (κ2) is 4.76. The summed E-state index contributed by atoms with van der Waals surface area (Å²) in [6, 6.07) is -0.214. The van der Waals surface area contributed by atoms with Crippen LogP contribution in [0.15, 0.2) is 18.2 Å². The van der Waals surface area contributed by atoms with Crippen LogP contribution in [0, 0.1) is 11.6 Å². The number of halogens is 6. The lowest BCUT2D eigenvalue weighted by Gasteiger charge is -2.16. The van der Waals surface area contributed by atoms with E-state index >= 15 is 0 Å². The van der Waals surface area contributed by atoms with Crippen molar-refractivity contribution in [3.05, 3.63) is 35.4 Å². The summed E-state index contributed by atoms with van der Waals surface area (Å²) in [4.78, 5) is 0. The van der Waals surface area contributed by atoms with Gasteiger partial charge in [0.1, 0.15) is 17.7 Å². The van der Waals surface area contributed by atoms with Gasteiger partial charge in [0.05, 0.1) is 0 Å². The van der Waals surface area contributed by atoms with Crippen LogP contribution in [-0.4, -0.2) is 6.18 Å². The van der Waals surface area contributed by atoms with Crippen LogP contribution in [-0.2, 0) is 0 Å². The standard InChI is InChI=1S/C8H6F5N.ClH/c9-4-2-1-3-5(10)6(4)7(14)8(11,12)13;/h1-3,7H,14H2;1H/t7-;/m1./s1. The van der Waals surface area contributed by atoms with E-state index in [-0.39, 0.29) is 12.4 Å². The molecule has 1 nitrogen and oxygen atoms in total. The highest BCUT2D eigenvalue weighted by Crippen LogP contribution is 2.32. The Morgan fingerprint density at radius 1 is 1.07 bits per heavy atom. The lowest BCUT2D eigenvalue weighted by Crippen LogP contribution is -2.30. The van der Waals surface area contributed by atoms with E-state index in [0.29, 0.717) is 0 Å². The molecule has 0 saturated carbocycles. The SMILES string of the molecule is Cl.N[C@H](c1c(F)cccc1F)C(F)(F)F. The zero-order valence-electron chi connectivity index (χ0n) is 7.18. The molecule has 1 aromatic carbocycles. The molecule has 0 aliphatic rings. The Bertz CT molecular complexity index is 318. The average molecular weight is 248 g/mol. The molecule has 0 fully saturated rings. The molecule has 0 spiro atoms. The lowest BCUT2D eigenvalue weighted by atomic mass is 10.1. The van der Waals surface area contributed by atoms with Gasteiger partial charge in [-0.2, -0.15) is 13.2 Å². The van der Waals surface area contributed by atoms with Crippen molar-refractivity contribution in [3.63, 3.8) is 0 Å². The molecule has 15 heavy (non-hydrogen) atoms. The summed E-state index contributed by atoms with van der Waals surface area (Å²) < 4.78 is 61.7. The van der Waals surface area contributed by atoms with Gasteiger partial charge in [-0.1, -0.05) is 6.07 Å². The Kier molecular flexibility index (Phi) is 4.48. The molecule has 86 valence electrons. The molecule has 0 aromatic heterocycles. The van der Waals surface area contributed by atoms with Crippen molar-refractivity contribution in [2.45, 2.75) is 12.2 Å². The maximum atomic E-state index is 12.8. The molecular weight excluding hydrogens is 241 g/mol. The van der Waals surface area contributed by atoms with Crippen LogP contribution in [0.25, 0.3) is 0 Å². The average Bonchev–Trinajstić information content (AvgIpc) is 2.01. The molecule has 1 aromatic rings. The molecular formula is C8H7ClF5N. The highest BCUT2D eigenvalue weighted by atomic mass is 35.5. The summed E-state index contributed by atoms with van der Waals surface area (Å²) in [5.41, 5.74) is 3.52.